The minimum absolute atomic E-state index is 0. The van der Waals surface area contributed by atoms with Gasteiger partial charge in [-0.05, 0) is 24.3 Å². The van der Waals surface area contributed by atoms with Gasteiger partial charge in [-0.15, -0.1) is 12.4 Å². The Morgan fingerprint density at radius 2 is 1.87 bits per heavy atom. The molecule has 0 aliphatic carbocycles. The van der Waals surface area contributed by atoms with Crippen LogP contribution in [0.1, 0.15) is 5.69 Å². The number of hydrogen-bond acceptors (Lipinski definition) is 6. The van der Waals surface area contributed by atoms with E-state index in [1.165, 1.54) is 10.6 Å². The highest BCUT2D eigenvalue weighted by molar-refractivity contribution is 6.30. The number of ether oxygens (including phenoxy) is 1. The molecule has 3 aromatic heterocycles. The lowest BCUT2D eigenvalue weighted by Gasteiger charge is -2.13. The van der Waals surface area contributed by atoms with Crippen molar-refractivity contribution >= 4 is 34.9 Å². The molecule has 0 amide bonds. The fourth-order valence-electron chi connectivity index (χ4n) is 3.07. The minimum atomic E-state index is -0.581. The molecule has 0 unspecified atom stereocenters. The molecule has 0 atom stereocenters. The van der Waals surface area contributed by atoms with Crippen LogP contribution in [0.25, 0.3) is 16.6 Å². The van der Waals surface area contributed by atoms with Gasteiger partial charge in [0.25, 0.3) is 5.56 Å². The van der Waals surface area contributed by atoms with E-state index in [1.807, 2.05) is 24.3 Å². The largest absolute Gasteiger partial charge is 0.476 e. The van der Waals surface area contributed by atoms with Crippen LogP contribution >= 0.6 is 24.0 Å². The predicted octanol–water partition coefficient (Wildman–Crippen LogP) is 2.71. The van der Waals surface area contributed by atoms with Gasteiger partial charge in [-0.3, -0.25) is 19.3 Å². The molecule has 31 heavy (non-hydrogen) atoms. The molecule has 0 fully saturated rings. The molecule has 0 saturated carbocycles. The topological polar surface area (TPSA) is 102 Å². The van der Waals surface area contributed by atoms with Crippen LogP contribution in [0.3, 0.4) is 0 Å². The zero-order valence-electron chi connectivity index (χ0n) is 16.2. The van der Waals surface area contributed by atoms with Crippen molar-refractivity contribution in [3.8, 4) is 11.6 Å². The number of pyridine rings is 2. The van der Waals surface area contributed by atoms with Gasteiger partial charge >= 0.3 is 5.69 Å². The van der Waals surface area contributed by atoms with Crippen LogP contribution in [0, 0.1) is 0 Å². The molecule has 0 bridgehead atoms. The van der Waals surface area contributed by atoms with Crippen LogP contribution in [-0.4, -0.2) is 32.7 Å². The van der Waals surface area contributed by atoms with E-state index in [2.05, 4.69) is 20.3 Å². The first-order valence-electron chi connectivity index (χ1n) is 9.28. The van der Waals surface area contributed by atoms with Gasteiger partial charge in [-0.25, -0.2) is 9.78 Å². The summed E-state index contributed by atoms with van der Waals surface area (Å²) in [7, 11) is 0. The Labute approximate surface area is 188 Å². The van der Waals surface area contributed by atoms with Crippen molar-refractivity contribution in [1.29, 1.82) is 0 Å². The fourth-order valence-corrected chi connectivity index (χ4v) is 3.25. The lowest BCUT2D eigenvalue weighted by molar-refractivity contribution is 0.305. The van der Waals surface area contributed by atoms with E-state index in [1.54, 1.807) is 30.5 Å². The van der Waals surface area contributed by atoms with E-state index >= 15 is 0 Å². The number of H-pyrrole nitrogens is 1. The van der Waals surface area contributed by atoms with Crippen LogP contribution < -0.4 is 21.3 Å². The van der Waals surface area contributed by atoms with Gasteiger partial charge in [0, 0.05) is 25.4 Å². The van der Waals surface area contributed by atoms with E-state index in [9.17, 15) is 9.59 Å². The zero-order valence-corrected chi connectivity index (χ0v) is 17.8. The summed E-state index contributed by atoms with van der Waals surface area (Å²) in [4.78, 5) is 35.7. The number of benzene rings is 1. The summed E-state index contributed by atoms with van der Waals surface area (Å²) in [6.07, 6.45) is 1.73. The molecular formula is C21H19Cl2N5O3. The Bertz CT molecular complexity index is 1280. The molecule has 1 aromatic carbocycles. The maximum absolute atomic E-state index is 12.5. The highest BCUT2D eigenvalue weighted by Crippen LogP contribution is 2.24. The number of para-hydroxylation sites is 1. The average Bonchev–Trinajstić information content (AvgIpc) is 2.74. The van der Waals surface area contributed by atoms with Crippen molar-refractivity contribution in [3.05, 3.63) is 92.5 Å². The molecule has 0 aliphatic heterocycles. The van der Waals surface area contributed by atoms with E-state index in [4.69, 9.17) is 16.3 Å². The number of halogens is 2. The molecule has 4 rings (SSSR count). The quantitative estimate of drug-likeness (QED) is 0.325. The van der Waals surface area contributed by atoms with E-state index in [-0.39, 0.29) is 35.4 Å². The average molecular weight is 460 g/mol. The first-order valence-corrected chi connectivity index (χ1v) is 9.66. The van der Waals surface area contributed by atoms with Crippen molar-refractivity contribution in [1.82, 2.24) is 24.8 Å². The fraction of sp³-hybridized carbons (Fsp3) is 0.143. The molecule has 4 aromatic rings. The number of rotatable bonds is 7. The van der Waals surface area contributed by atoms with Gasteiger partial charge in [0.15, 0.2) is 0 Å². The molecule has 10 heteroatoms. The summed E-state index contributed by atoms with van der Waals surface area (Å²) in [5.74, 6) is 0.0723. The van der Waals surface area contributed by atoms with Crippen molar-refractivity contribution in [3.63, 3.8) is 0 Å². The van der Waals surface area contributed by atoms with Gasteiger partial charge in [-0.1, -0.05) is 35.9 Å². The monoisotopic (exact) mass is 459 g/mol. The molecule has 3 heterocycles. The summed E-state index contributed by atoms with van der Waals surface area (Å²) in [6, 6.07) is 16.1. The first kappa shape index (κ1) is 22.5. The van der Waals surface area contributed by atoms with Crippen LogP contribution in [0.2, 0.25) is 5.15 Å². The number of nitrogens with zero attached hydrogens (tertiary/aromatic N) is 3. The molecule has 0 aliphatic rings. The summed E-state index contributed by atoms with van der Waals surface area (Å²) in [6.45, 7) is 1.34. The second-order valence-electron chi connectivity index (χ2n) is 6.42. The van der Waals surface area contributed by atoms with Gasteiger partial charge in [0.1, 0.15) is 17.1 Å². The normalized spacial score (nSPS) is 10.6. The van der Waals surface area contributed by atoms with Crippen LogP contribution in [-0.2, 0) is 6.54 Å². The highest BCUT2D eigenvalue weighted by Gasteiger charge is 2.16. The standard InChI is InChI=1S/C21H18ClN5O3.ClH/c22-17-12-16-18(19(28)26-21(29)27(16)15-7-2-1-3-8-15)20(25-17)30-11-10-23-13-14-6-4-5-9-24-14;/h1-9,12,23H,10-11,13H2,(H,26,28,29);1H. The summed E-state index contributed by atoms with van der Waals surface area (Å²) in [5.41, 5.74) is 0.680. The number of aromatic nitrogens is 4. The van der Waals surface area contributed by atoms with Crippen LogP contribution in [0.4, 0.5) is 0 Å². The maximum atomic E-state index is 12.5. The van der Waals surface area contributed by atoms with Gasteiger partial charge in [0.2, 0.25) is 5.88 Å². The lowest BCUT2D eigenvalue weighted by Crippen LogP contribution is -2.30. The SMILES string of the molecule is Cl.O=c1[nH]c(=O)n(-c2ccccc2)c2cc(Cl)nc(OCCNCc3ccccn3)c12. The first-order chi connectivity index (χ1) is 14.6. The summed E-state index contributed by atoms with van der Waals surface area (Å²) >= 11 is 6.17. The lowest BCUT2D eigenvalue weighted by atomic mass is 10.2. The molecular weight excluding hydrogens is 441 g/mol. The number of aromatic amines is 1. The Kier molecular flexibility index (Phi) is 7.41. The van der Waals surface area contributed by atoms with Crippen LogP contribution in [0.5, 0.6) is 5.88 Å². The van der Waals surface area contributed by atoms with Crippen molar-refractivity contribution in [2.75, 3.05) is 13.2 Å². The molecule has 0 saturated heterocycles. The molecule has 2 N–H and O–H groups in total. The molecule has 8 nitrogen and oxygen atoms in total. The smallest absolute Gasteiger partial charge is 0.333 e. The number of nitrogens with one attached hydrogen (secondary N) is 2. The third kappa shape index (κ3) is 5.11. The van der Waals surface area contributed by atoms with E-state index in [0.717, 1.165) is 5.69 Å². The Morgan fingerprint density at radius 1 is 1.10 bits per heavy atom. The van der Waals surface area contributed by atoms with Crippen molar-refractivity contribution < 1.29 is 4.74 Å². The number of fused-ring (bicyclic) bond motifs is 1. The van der Waals surface area contributed by atoms with Gasteiger partial charge < -0.3 is 10.1 Å². The molecule has 160 valence electrons. The Morgan fingerprint density at radius 3 is 2.61 bits per heavy atom. The summed E-state index contributed by atoms with van der Waals surface area (Å²) in [5, 5.41) is 3.49. The zero-order chi connectivity index (χ0) is 20.9. The Hall–Kier alpha value is -3.20. The third-order valence-corrected chi connectivity index (χ3v) is 4.58. The van der Waals surface area contributed by atoms with Gasteiger partial charge in [0.05, 0.1) is 16.9 Å². The third-order valence-electron chi connectivity index (χ3n) is 4.39. The molecule has 0 radical (unpaired) electrons. The summed E-state index contributed by atoms with van der Waals surface area (Å²) < 4.78 is 7.11. The Balaban J connectivity index is 0.00000272. The van der Waals surface area contributed by atoms with Crippen molar-refractivity contribution in [2.45, 2.75) is 6.54 Å². The van der Waals surface area contributed by atoms with Crippen LogP contribution in [0.15, 0.2) is 70.4 Å². The van der Waals surface area contributed by atoms with Crippen molar-refractivity contribution in [2.24, 2.45) is 0 Å². The van der Waals surface area contributed by atoms with E-state index in [0.29, 0.717) is 24.3 Å². The number of hydrogen-bond donors (Lipinski definition) is 2. The van der Waals surface area contributed by atoms with Gasteiger partial charge in [-0.2, -0.15) is 0 Å². The second kappa shape index (κ2) is 10.2. The second-order valence-corrected chi connectivity index (χ2v) is 6.81. The predicted molar refractivity (Wildman–Crippen MR) is 122 cm³/mol. The minimum Gasteiger partial charge on any atom is -0.476 e. The highest BCUT2D eigenvalue weighted by atomic mass is 35.5. The maximum Gasteiger partial charge on any atom is 0.333 e. The van der Waals surface area contributed by atoms with E-state index < -0.39 is 11.2 Å². The molecule has 0 spiro atoms.